The van der Waals surface area contributed by atoms with Crippen LogP contribution < -0.4 is 0 Å². The lowest BCUT2D eigenvalue weighted by Gasteiger charge is -2.07. The third-order valence-electron chi connectivity index (χ3n) is 4.73. The van der Waals surface area contributed by atoms with Crippen LogP contribution in [0.4, 0.5) is 0 Å². The van der Waals surface area contributed by atoms with Crippen LogP contribution in [-0.4, -0.2) is 17.5 Å². The molecule has 0 aliphatic rings. The molecule has 4 nitrogen and oxygen atoms in total. The zero-order valence-electron chi connectivity index (χ0n) is 17.0. The second-order valence-electron chi connectivity index (χ2n) is 6.98. The SMILES string of the molecule is CCCCCCC(=NOC(=O)c1ccccc1)C(=O)c1ccc(-c2cccs2)cc1. The Morgan fingerprint density at radius 2 is 1.63 bits per heavy atom. The van der Waals surface area contributed by atoms with E-state index in [1.165, 1.54) is 0 Å². The standard InChI is InChI=1S/C25H25NO3S/c1-2-3-4-8-12-22(26-29-25(28)21-10-6-5-7-11-21)24(27)20-16-14-19(15-17-20)23-13-9-18-30-23/h5-7,9-11,13-18H,2-4,8,12H2,1H3. The third kappa shape index (κ3) is 5.97. The van der Waals surface area contributed by atoms with E-state index in [0.29, 0.717) is 17.5 Å². The van der Waals surface area contributed by atoms with Gasteiger partial charge in [0.2, 0.25) is 5.78 Å². The molecule has 0 atom stereocenters. The first kappa shape index (κ1) is 21.7. The second-order valence-corrected chi connectivity index (χ2v) is 7.92. The Balaban J connectivity index is 1.74. The normalized spacial score (nSPS) is 11.3. The summed E-state index contributed by atoms with van der Waals surface area (Å²) in [7, 11) is 0. The van der Waals surface area contributed by atoms with Gasteiger partial charge < -0.3 is 4.84 Å². The fraction of sp³-hybridized carbons (Fsp3) is 0.240. The lowest BCUT2D eigenvalue weighted by molar-refractivity contribution is 0.0514. The van der Waals surface area contributed by atoms with Crippen LogP contribution in [0.25, 0.3) is 10.4 Å². The zero-order chi connectivity index (χ0) is 21.2. The lowest BCUT2D eigenvalue weighted by atomic mass is 10.0. The molecule has 0 aliphatic heterocycles. The van der Waals surface area contributed by atoms with Crippen LogP contribution in [0.5, 0.6) is 0 Å². The summed E-state index contributed by atoms with van der Waals surface area (Å²) in [5.41, 5.74) is 2.29. The van der Waals surface area contributed by atoms with E-state index in [9.17, 15) is 9.59 Å². The molecule has 2 aromatic carbocycles. The number of Topliss-reactive ketones (excluding diaryl/α,β-unsaturated/α-hetero) is 1. The molecule has 0 bridgehead atoms. The van der Waals surface area contributed by atoms with Gasteiger partial charge >= 0.3 is 5.97 Å². The van der Waals surface area contributed by atoms with Crippen molar-refractivity contribution in [1.82, 2.24) is 0 Å². The quantitative estimate of drug-likeness (QED) is 0.120. The summed E-state index contributed by atoms with van der Waals surface area (Å²) in [6, 6.07) is 20.2. The van der Waals surface area contributed by atoms with Gasteiger partial charge in [-0.3, -0.25) is 4.79 Å². The zero-order valence-corrected chi connectivity index (χ0v) is 17.9. The van der Waals surface area contributed by atoms with E-state index in [4.69, 9.17) is 4.84 Å². The maximum Gasteiger partial charge on any atom is 0.365 e. The maximum atomic E-state index is 13.0. The molecule has 0 fully saturated rings. The topological polar surface area (TPSA) is 55.7 Å². The summed E-state index contributed by atoms with van der Waals surface area (Å²) in [5.74, 6) is -0.771. The summed E-state index contributed by atoms with van der Waals surface area (Å²) in [4.78, 5) is 31.5. The van der Waals surface area contributed by atoms with Crippen LogP contribution in [-0.2, 0) is 4.84 Å². The molecule has 3 rings (SSSR count). The highest BCUT2D eigenvalue weighted by atomic mass is 32.1. The predicted octanol–water partition coefficient (Wildman–Crippen LogP) is 6.78. The van der Waals surface area contributed by atoms with Crippen LogP contribution in [0.1, 0.15) is 59.7 Å². The third-order valence-corrected chi connectivity index (χ3v) is 5.65. The van der Waals surface area contributed by atoms with Gasteiger partial charge in [0.1, 0.15) is 5.71 Å². The average molecular weight is 420 g/mol. The van der Waals surface area contributed by atoms with Crippen molar-refractivity contribution in [3.8, 4) is 10.4 Å². The van der Waals surface area contributed by atoms with Crippen molar-refractivity contribution < 1.29 is 14.4 Å². The van der Waals surface area contributed by atoms with Crippen molar-refractivity contribution in [2.24, 2.45) is 5.16 Å². The summed E-state index contributed by atoms with van der Waals surface area (Å²) in [6.45, 7) is 2.14. The van der Waals surface area contributed by atoms with Crippen LogP contribution in [0.3, 0.4) is 0 Å². The maximum absolute atomic E-state index is 13.0. The molecule has 154 valence electrons. The largest absolute Gasteiger partial charge is 0.365 e. The highest BCUT2D eigenvalue weighted by Crippen LogP contribution is 2.25. The molecular weight excluding hydrogens is 394 g/mol. The molecule has 0 spiro atoms. The molecule has 0 amide bonds. The van der Waals surface area contributed by atoms with Gasteiger partial charge in [-0.2, -0.15) is 0 Å². The van der Waals surface area contributed by atoms with Gasteiger partial charge in [0.25, 0.3) is 0 Å². The summed E-state index contributed by atoms with van der Waals surface area (Å²) in [5, 5.41) is 5.99. The smallest absolute Gasteiger partial charge is 0.312 e. The number of hydrogen-bond donors (Lipinski definition) is 0. The molecule has 0 N–H and O–H groups in total. The van der Waals surface area contributed by atoms with Crippen molar-refractivity contribution in [3.05, 3.63) is 83.2 Å². The Kier molecular flexibility index (Phi) is 8.10. The Bertz CT molecular complexity index is 977. The van der Waals surface area contributed by atoms with E-state index in [2.05, 4.69) is 12.1 Å². The number of nitrogens with zero attached hydrogens (tertiary/aromatic N) is 1. The Hall–Kier alpha value is -3.05. The number of ketones is 1. The molecule has 5 heteroatoms. The first-order chi connectivity index (χ1) is 14.7. The number of thiophene rings is 1. The molecule has 3 aromatic rings. The van der Waals surface area contributed by atoms with E-state index < -0.39 is 5.97 Å². The number of hydrogen-bond acceptors (Lipinski definition) is 5. The molecule has 0 saturated heterocycles. The van der Waals surface area contributed by atoms with Crippen molar-refractivity contribution in [3.63, 3.8) is 0 Å². The molecule has 0 radical (unpaired) electrons. The van der Waals surface area contributed by atoms with E-state index in [1.807, 2.05) is 35.7 Å². The number of benzene rings is 2. The monoisotopic (exact) mass is 419 g/mol. The predicted molar refractivity (Wildman–Crippen MR) is 122 cm³/mol. The van der Waals surface area contributed by atoms with Gasteiger partial charge in [0.05, 0.1) is 5.56 Å². The molecule has 0 aliphatic carbocycles. The Morgan fingerprint density at radius 1 is 0.867 bits per heavy atom. The van der Waals surface area contributed by atoms with Crippen molar-refractivity contribution in [2.45, 2.75) is 39.0 Å². The molecular formula is C25H25NO3S. The van der Waals surface area contributed by atoms with Gasteiger partial charge in [-0.05, 0) is 42.0 Å². The van der Waals surface area contributed by atoms with Gasteiger partial charge in [0.15, 0.2) is 0 Å². The van der Waals surface area contributed by atoms with Crippen LogP contribution in [0.2, 0.25) is 0 Å². The minimum absolute atomic E-state index is 0.204. The van der Waals surface area contributed by atoms with Gasteiger partial charge in [-0.25, -0.2) is 4.79 Å². The highest BCUT2D eigenvalue weighted by molar-refractivity contribution is 7.13. The van der Waals surface area contributed by atoms with Crippen molar-refractivity contribution >= 4 is 28.8 Å². The molecule has 30 heavy (non-hydrogen) atoms. The van der Waals surface area contributed by atoms with E-state index >= 15 is 0 Å². The van der Waals surface area contributed by atoms with Crippen molar-refractivity contribution in [1.29, 1.82) is 0 Å². The number of carbonyl (C=O) groups is 2. The highest BCUT2D eigenvalue weighted by Gasteiger charge is 2.17. The number of carbonyl (C=O) groups excluding carboxylic acids is 2. The Morgan fingerprint density at radius 3 is 2.30 bits per heavy atom. The number of unbranched alkanes of at least 4 members (excludes halogenated alkanes) is 3. The fourth-order valence-corrected chi connectivity index (χ4v) is 3.77. The van der Waals surface area contributed by atoms with Crippen LogP contribution in [0, 0.1) is 0 Å². The van der Waals surface area contributed by atoms with E-state index in [1.54, 1.807) is 47.7 Å². The molecule has 1 heterocycles. The van der Waals surface area contributed by atoms with Crippen LogP contribution >= 0.6 is 11.3 Å². The summed E-state index contributed by atoms with van der Waals surface area (Å²) >= 11 is 1.66. The van der Waals surface area contributed by atoms with Crippen LogP contribution in [0.15, 0.2) is 77.3 Å². The second kappa shape index (κ2) is 11.2. The number of oxime groups is 1. The molecule has 1 aromatic heterocycles. The fourth-order valence-electron chi connectivity index (χ4n) is 3.04. The minimum Gasteiger partial charge on any atom is -0.312 e. The van der Waals surface area contributed by atoms with Gasteiger partial charge in [-0.15, -0.1) is 11.3 Å². The number of rotatable bonds is 10. The lowest BCUT2D eigenvalue weighted by Crippen LogP contribution is -2.16. The van der Waals surface area contributed by atoms with Gasteiger partial charge in [-0.1, -0.05) is 79.9 Å². The first-order valence-corrected chi connectivity index (χ1v) is 11.1. The summed E-state index contributed by atoms with van der Waals surface area (Å²) in [6.07, 6.45) is 4.52. The van der Waals surface area contributed by atoms with E-state index in [-0.39, 0.29) is 11.5 Å². The minimum atomic E-state index is -0.567. The van der Waals surface area contributed by atoms with Gasteiger partial charge in [0, 0.05) is 10.4 Å². The van der Waals surface area contributed by atoms with Crippen molar-refractivity contribution in [2.75, 3.05) is 0 Å². The Labute approximate surface area is 181 Å². The molecule has 0 saturated carbocycles. The average Bonchev–Trinajstić information content (AvgIpc) is 3.34. The first-order valence-electron chi connectivity index (χ1n) is 10.2. The molecule has 0 unspecified atom stereocenters. The van der Waals surface area contributed by atoms with E-state index in [0.717, 1.165) is 36.1 Å². The summed E-state index contributed by atoms with van der Waals surface area (Å²) < 4.78 is 0.